The van der Waals surface area contributed by atoms with Gasteiger partial charge in [0.1, 0.15) is 0 Å². The summed E-state index contributed by atoms with van der Waals surface area (Å²) in [5.41, 5.74) is 0. The molecule has 21 heavy (non-hydrogen) atoms. The second-order valence-electron chi connectivity index (χ2n) is 6.53. The quantitative estimate of drug-likeness (QED) is 0.748. The van der Waals surface area contributed by atoms with Gasteiger partial charge in [0.05, 0.1) is 12.0 Å². The highest BCUT2D eigenvalue weighted by Gasteiger charge is 2.42. The van der Waals surface area contributed by atoms with Crippen LogP contribution in [0.3, 0.4) is 0 Å². The number of carbonyl (C=O) groups excluding carboxylic acids is 1. The number of carboxylic acid groups (broad SMARTS) is 1. The Balaban J connectivity index is 1.90. The van der Waals surface area contributed by atoms with Gasteiger partial charge < -0.3 is 24.9 Å². The van der Waals surface area contributed by atoms with Gasteiger partial charge in [-0.1, -0.05) is 6.92 Å². The fourth-order valence-corrected chi connectivity index (χ4v) is 3.09. The number of aliphatic hydroxyl groups is 1. The van der Waals surface area contributed by atoms with Crippen molar-refractivity contribution in [2.45, 2.75) is 25.5 Å². The Morgan fingerprint density at radius 2 is 1.90 bits per heavy atom. The second kappa shape index (κ2) is 6.19. The predicted molar refractivity (Wildman–Crippen MR) is 76.9 cm³/mol. The van der Waals surface area contributed by atoms with E-state index in [1.807, 2.05) is 19.0 Å². The van der Waals surface area contributed by atoms with Crippen LogP contribution >= 0.6 is 0 Å². The maximum atomic E-state index is 12.5. The second-order valence-corrected chi connectivity index (χ2v) is 6.53. The van der Waals surface area contributed by atoms with Crippen LogP contribution in [0.4, 0.5) is 4.79 Å². The molecule has 7 nitrogen and oxygen atoms in total. The molecule has 3 atom stereocenters. The van der Waals surface area contributed by atoms with E-state index in [4.69, 9.17) is 5.11 Å². The number of amides is 2. The molecule has 7 heteroatoms. The molecule has 120 valence electrons. The minimum absolute atomic E-state index is 0.0263. The van der Waals surface area contributed by atoms with Gasteiger partial charge in [-0.05, 0) is 20.5 Å². The molecule has 0 aromatic rings. The molecule has 2 fully saturated rings. The highest BCUT2D eigenvalue weighted by molar-refractivity contribution is 5.77. The molecule has 2 heterocycles. The number of hydrogen-bond donors (Lipinski definition) is 2. The molecule has 2 N–H and O–H groups in total. The van der Waals surface area contributed by atoms with E-state index in [0.29, 0.717) is 26.1 Å². The number of carboxylic acids is 1. The molecule has 0 radical (unpaired) electrons. The lowest BCUT2D eigenvalue weighted by Crippen LogP contribution is -2.58. The highest BCUT2D eigenvalue weighted by Crippen LogP contribution is 2.28. The van der Waals surface area contributed by atoms with Crippen molar-refractivity contribution in [1.82, 2.24) is 14.7 Å². The van der Waals surface area contributed by atoms with E-state index in [-0.39, 0.29) is 18.0 Å². The lowest BCUT2D eigenvalue weighted by Gasteiger charge is -2.44. The number of hydrogen-bond acceptors (Lipinski definition) is 4. The number of likely N-dealkylation sites (N-methyl/N-ethyl adjacent to an activating group) is 1. The van der Waals surface area contributed by atoms with Crippen LogP contribution in [0.5, 0.6) is 0 Å². The van der Waals surface area contributed by atoms with E-state index in [1.54, 1.807) is 16.7 Å². The normalized spacial score (nSPS) is 27.9. The molecule has 2 aliphatic rings. The van der Waals surface area contributed by atoms with Gasteiger partial charge in [0.15, 0.2) is 0 Å². The lowest BCUT2D eigenvalue weighted by molar-refractivity contribution is -0.144. The zero-order valence-corrected chi connectivity index (χ0v) is 12.9. The summed E-state index contributed by atoms with van der Waals surface area (Å²) in [6, 6.07) is -0.0503. The standard InChI is InChI=1S/C14H25N3O4/c1-9(13(19)20)10-5-16(6-10)14(21)17-8-12(18)4-11(17)7-15(2)3/h9-12,18H,4-8H2,1-3H3,(H,19,20). The molecule has 0 saturated carbocycles. The zero-order chi connectivity index (χ0) is 15.7. The van der Waals surface area contributed by atoms with Crippen LogP contribution in [0, 0.1) is 11.8 Å². The van der Waals surface area contributed by atoms with Crippen molar-refractivity contribution in [3.63, 3.8) is 0 Å². The van der Waals surface area contributed by atoms with E-state index >= 15 is 0 Å². The Kier molecular flexibility index (Phi) is 4.73. The molecule has 0 spiro atoms. The number of β-amino-alcohol motifs (C(OH)–C–C–N with tert-alkyl or cyclic N) is 1. The van der Waals surface area contributed by atoms with Crippen LogP contribution in [0.25, 0.3) is 0 Å². The third kappa shape index (κ3) is 3.47. The SMILES string of the molecule is CC(C(=O)O)C1CN(C(=O)N2CC(O)CC2CN(C)C)C1. The van der Waals surface area contributed by atoms with Crippen molar-refractivity contribution >= 4 is 12.0 Å². The summed E-state index contributed by atoms with van der Waals surface area (Å²) < 4.78 is 0. The van der Waals surface area contributed by atoms with Crippen molar-refractivity contribution in [1.29, 1.82) is 0 Å². The minimum atomic E-state index is -0.811. The van der Waals surface area contributed by atoms with Crippen LogP contribution in [0.15, 0.2) is 0 Å². The number of rotatable bonds is 4. The summed E-state index contributed by atoms with van der Waals surface area (Å²) in [6.45, 7) is 3.77. The van der Waals surface area contributed by atoms with Gasteiger partial charge in [-0.2, -0.15) is 0 Å². The fourth-order valence-electron chi connectivity index (χ4n) is 3.09. The number of nitrogens with zero attached hydrogens (tertiary/aromatic N) is 3. The Labute approximate surface area is 125 Å². The minimum Gasteiger partial charge on any atom is -0.481 e. The Bertz CT molecular complexity index is 409. The molecule has 2 saturated heterocycles. The maximum absolute atomic E-state index is 12.5. The van der Waals surface area contributed by atoms with E-state index in [1.165, 1.54) is 0 Å². The third-order valence-corrected chi connectivity index (χ3v) is 4.49. The first-order valence-corrected chi connectivity index (χ1v) is 7.40. The average molecular weight is 299 g/mol. The first-order valence-electron chi connectivity index (χ1n) is 7.40. The molecular weight excluding hydrogens is 274 g/mol. The summed E-state index contributed by atoms with van der Waals surface area (Å²) in [7, 11) is 3.89. The highest BCUT2D eigenvalue weighted by atomic mass is 16.4. The number of aliphatic carboxylic acids is 1. The molecule has 0 aromatic carbocycles. The Hall–Kier alpha value is -1.34. The molecule has 0 aliphatic carbocycles. The van der Waals surface area contributed by atoms with Crippen molar-refractivity contribution in [2.24, 2.45) is 11.8 Å². The van der Waals surface area contributed by atoms with Crippen molar-refractivity contribution < 1.29 is 19.8 Å². The Morgan fingerprint density at radius 3 is 2.43 bits per heavy atom. The maximum Gasteiger partial charge on any atom is 0.320 e. The van der Waals surface area contributed by atoms with Crippen LogP contribution in [-0.4, -0.2) is 89.3 Å². The molecule has 2 rings (SSSR count). The summed E-state index contributed by atoms with van der Waals surface area (Å²) in [4.78, 5) is 28.8. The summed E-state index contributed by atoms with van der Waals surface area (Å²) in [5, 5.41) is 18.8. The molecule has 2 aliphatic heterocycles. The first kappa shape index (κ1) is 16.0. The molecule has 3 unspecified atom stereocenters. The van der Waals surface area contributed by atoms with E-state index in [0.717, 1.165) is 6.54 Å². The van der Waals surface area contributed by atoms with E-state index in [2.05, 4.69) is 0 Å². The van der Waals surface area contributed by atoms with Crippen LogP contribution in [0.1, 0.15) is 13.3 Å². The fraction of sp³-hybridized carbons (Fsp3) is 0.857. The van der Waals surface area contributed by atoms with Crippen LogP contribution in [-0.2, 0) is 4.79 Å². The summed E-state index contributed by atoms with van der Waals surface area (Å²) in [6.07, 6.45) is 0.140. The van der Waals surface area contributed by atoms with Gasteiger partial charge in [0.25, 0.3) is 0 Å². The number of aliphatic hydroxyl groups excluding tert-OH is 1. The number of carbonyl (C=O) groups is 2. The lowest BCUT2D eigenvalue weighted by atomic mass is 9.87. The predicted octanol–water partition coefficient (Wildman–Crippen LogP) is -0.244. The largest absolute Gasteiger partial charge is 0.481 e. The van der Waals surface area contributed by atoms with Gasteiger partial charge in [0.2, 0.25) is 0 Å². The van der Waals surface area contributed by atoms with Gasteiger partial charge >= 0.3 is 12.0 Å². The smallest absolute Gasteiger partial charge is 0.320 e. The molecule has 0 bridgehead atoms. The zero-order valence-electron chi connectivity index (χ0n) is 12.9. The Morgan fingerprint density at radius 1 is 1.29 bits per heavy atom. The van der Waals surface area contributed by atoms with Crippen molar-refractivity contribution in [3.05, 3.63) is 0 Å². The van der Waals surface area contributed by atoms with E-state index < -0.39 is 18.0 Å². The van der Waals surface area contributed by atoms with Crippen LogP contribution < -0.4 is 0 Å². The van der Waals surface area contributed by atoms with Crippen LogP contribution in [0.2, 0.25) is 0 Å². The number of urea groups is 1. The van der Waals surface area contributed by atoms with Crippen molar-refractivity contribution in [2.75, 3.05) is 40.3 Å². The summed E-state index contributed by atoms with van der Waals surface area (Å²) >= 11 is 0. The van der Waals surface area contributed by atoms with Gasteiger partial charge in [0, 0.05) is 38.1 Å². The van der Waals surface area contributed by atoms with Gasteiger partial charge in [-0.3, -0.25) is 4.79 Å². The molecular formula is C14H25N3O4. The van der Waals surface area contributed by atoms with E-state index in [9.17, 15) is 14.7 Å². The number of likely N-dealkylation sites (tertiary alicyclic amines) is 2. The van der Waals surface area contributed by atoms with Gasteiger partial charge in [-0.25, -0.2) is 4.79 Å². The molecule has 2 amide bonds. The van der Waals surface area contributed by atoms with Gasteiger partial charge in [-0.15, -0.1) is 0 Å². The topological polar surface area (TPSA) is 84.3 Å². The first-order chi connectivity index (χ1) is 9.79. The average Bonchev–Trinajstić information content (AvgIpc) is 2.66. The summed E-state index contributed by atoms with van der Waals surface area (Å²) in [5.74, 6) is -1.20. The molecule has 0 aromatic heterocycles. The monoisotopic (exact) mass is 299 g/mol. The van der Waals surface area contributed by atoms with Crippen molar-refractivity contribution in [3.8, 4) is 0 Å². The third-order valence-electron chi connectivity index (χ3n) is 4.49.